The molecule has 1 nitrogen and oxygen atoms in total. The largest absolute Gasteiger partial charge is 0.382 e. The molecule has 0 spiro atoms. The van der Waals surface area contributed by atoms with Crippen molar-refractivity contribution >= 4 is 21.6 Å². The van der Waals surface area contributed by atoms with Crippen LogP contribution in [0.5, 0.6) is 0 Å². The summed E-state index contributed by atoms with van der Waals surface area (Å²) in [7, 11) is 0. The standard InChI is InChI=1S/C10H14BrN/c1-3-8(2)12-10-7-5-4-6-9(10)11/h4-8,12H,3H2,1-2H3/t8-/m1/s1. The van der Waals surface area contributed by atoms with Crippen LogP contribution in [0, 0.1) is 0 Å². The van der Waals surface area contributed by atoms with Crippen molar-refractivity contribution in [3.05, 3.63) is 28.7 Å². The van der Waals surface area contributed by atoms with Gasteiger partial charge in [-0.25, -0.2) is 0 Å². The first-order valence-corrected chi connectivity index (χ1v) is 5.04. The van der Waals surface area contributed by atoms with Crippen LogP contribution >= 0.6 is 15.9 Å². The van der Waals surface area contributed by atoms with E-state index in [4.69, 9.17) is 0 Å². The molecule has 0 aromatic heterocycles. The maximum Gasteiger partial charge on any atom is 0.0486 e. The fourth-order valence-corrected chi connectivity index (χ4v) is 1.35. The van der Waals surface area contributed by atoms with E-state index in [1.807, 2.05) is 18.2 Å². The van der Waals surface area contributed by atoms with Gasteiger partial charge in [-0.2, -0.15) is 0 Å². The van der Waals surface area contributed by atoms with Crippen molar-refractivity contribution in [2.45, 2.75) is 26.3 Å². The highest BCUT2D eigenvalue weighted by Gasteiger charge is 2.00. The lowest BCUT2D eigenvalue weighted by molar-refractivity contribution is 0.763. The van der Waals surface area contributed by atoms with Crippen molar-refractivity contribution in [1.29, 1.82) is 0 Å². The molecular formula is C10H14BrN. The van der Waals surface area contributed by atoms with Gasteiger partial charge in [0, 0.05) is 16.2 Å². The predicted octanol–water partition coefficient (Wildman–Crippen LogP) is 3.66. The summed E-state index contributed by atoms with van der Waals surface area (Å²) in [4.78, 5) is 0. The molecule has 12 heavy (non-hydrogen) atoms. The minimum absolute atomic E-state index is 0.531. The van der Waals surface area contributed by atoms with Crippen LogP contribution in [0.3, 0.4) is 0 Å². The van der Waals surface area contributed by atoms with E-state index in [1.54, 1.807) is 0 Å². The molecule has 1 N–H and O–H groups in total. The number of halogens is 1. The summed E-state index contributed by atoms with van der Waals surface area (Å²) >= 11 is 3.49. The second-order valence-corrected chi connectivity index (χ2v) is 3.79. The first-order chi connectivity index (χ1) is 5.74. The van der Waals surface area contributed by atoms with Crippen LogP contribution < -0.4 is 5.32 Å². The Bertz CT molecular complexity index is 247. The normalized spacial score (nSPS) is 12.6. The van der Waals surface area contributed by atoms with Crippen LogP contribution in [0.2, 0.25) is 0 Å². The highest BCUT2D eigenvalue weighted by atomic mass is 79.9. The molecule has 0 amide bonds. The van der Waals surface area contributed by atoms with Crippen LogP contribution in [-0.4, -0.2) is 6.04 Å². The molecule has 1 atom stereocenters. The molecule has 0 aliphatic rings. The number of benzene rings is 1. The van der Waals surface area contributed by atoms with E-state index >= 15 is 0 Å². The van der Waals surface area contributed by atoms with Crippen LogP contribution in [0.25, 0.3) is 0 Å². The van der Waals surface area contributed by atoms with E-state index in [-0.39, 0.29) is 0 Å². The smallest absolute Gasteiger partial charge is 0.0486 e. The van der Waals surface area contributed by atoms with E-state index in [1.165, 1.54) is 5.69 Å². The Morgan fingerprint density at radius 1 is 1.42 bits per heavy atom. The fourth-order valence-electron chi connectivity index (χ4n) is 0.946. The highest BCUT2D eigenvalue weighted by Crippen LogP contribution is 2.22. The van der Waals surface area contributed by atoms with Gasteiger partial charge < -0.3 is 5.32 Å². The molecule has 2 heteroatoms. The number of hydrogen-bond acceptors (Lipinski definition) is 1. The highest BCUT2D eigenvalue weighted by molar-refractivity contribution is 9.10. The Hall–Kier alpha value is -0.500. The number of anilines is 1. The Labute approximate surface area is 82.3 Å². The van der Waals surface area contributed by atoms with Gasteiger partial charge >= 0.3 is 0 Å². The van der Waals surface area contributed by atoms with Gasteiger partial charge in [0.05, 0.1) is 0 Å². The van der Waals surface area contributed by atoms with E-state index in [0.717, 1.165) is 10.9 Å². The van der Waals surface area contributed by atoms with Gasteiger partial charge in [-0.3, -0.25) is 0 Å². The van der Waals surface area contributed by atoms with Gasteiger partial charge in [-0.1, -0.05) is 19.1 Å². The average molecular weight is 228 g/mol. The molecule has 0 radical (unpaired) electrons. The molecule has 66 valence electrons. The van der Waals surface area contributed by atoms with Crippen LogP contribution in [0.4, 0.5) is 5.69 Å². The number of para-hydroxylation sites is 1. The van der Waals surface area contributed by atoms with E-state index in [9.17, 15) is 0 Å². The maximum absolute atomic E-state index is 3.49. The summed E-state index contributed by atoms with van der Waals surface area (Å²) in [5.41, 5.74) is 1.17. The van der Waals surface area contributed by atoms with E-state index in [0.29, 0.717) is 6.04 Å². The summed E-state index contributed by atoms with van der Waals surface area (Å²) in [6, 6.07) is 8.71. The molecule has 0 saturated carbocycles. The second kappa shape index (κ2) is 4.51. The molecule has 0 aliphatic heterocycles. The van der Waals surface area contributed by atoms with Crippen molar-refractivity contribution < 1.29 is 0 Å². The zero-order valence-corrected chi connectivity index (χ0v) is 9.06. The number of rotatable bonds is 3. The lowest BCUT2D eigenvalue weighted by Crippen LogP contribution is -2.13. The molecule has 0 unspecified atom stereocenters. The zero-order valence-electron chi connectivity index (χ0n) is 7.47. The van der Waals surface area contributed by atoms with Crippen LogP contribution in [-0.2, 0) is 0 Å². The molecule has 0 fully saturated rings. The van der Waals surface area contributed by atoms with Crippen LogP contribution in [0.1, 0.15) is 20.3 Å². The van der Waals surface area contributed by atoms with Crippen LogP contribution in [0.15, 0.2) is 28.7 Å². The third-order valence-corrected chi connectivity index (χ3v) is 2.58. The van der Waals surface area contributed by atoms with Gasteiger partial charge in [0.25, 0.3) is 0 Å². The number of nitrogens with one attached hydrogen (secondary N) is 1. The molecule has 1 rings (SSSR count). The minimum atomic E-state index is 0.531. The van der Waals surface area contributed by atoms with E-state index in [2.05, 4.69) is 41.2 Å². The molecule has 1 aromatic rings. The molecule has 0 aliphatic carbocycles. The zero-order chi connectivity index (χ0) is 8.97. The number of hydrogen-bond donors (Lipinski definition) is 1. The molecule has 1 aromatic carbocycles. The first-order valence-electron chi connectivity index (χ1n) is 4.25. The summed E-state index contributed by atoms with van der Waals surface area (Å²) in [5, 5.41) is 3.41. The van der Waals surface area contributed by atoms with Gasteiger partial charge in [-0.05, 0) is 41.4 Å². The monoisotopic (exact) mass is 227 g/mol. The molecule has 0 saturated heterocycles. The SMILES string of the molecule is CC[C@@H](C)Nc1ccccc1Br. The van der Waals surface area contributed by atoms with Crippen molar-refractivity contribution in [3.8, 4) is 0 Å². The quantitative estimate of drug-likeness (QED) is 0.832. The molecular weight excluding hydrogens is 214 g/mol. The lowest BCUT2D eigenvalue weighted by Gasteiger charge is -2.13. The van der Waals surface area contributed by atoms with Gasteiger partial charge in [0.2, 0.25) is 0 Å². The summed E-state index contributed by atoms with van der Waals surface area (Å²) < 4.78 is 1.13. The van der Waals surface area contributed by atoms with Crippen molar-refractivity contribution in [2.75, 3.05) is 5.32 Å². The van der Waals surface area contributed by atoms with Gasteiger partial charge in [-0.15, -0.1) is 0 Å². The second-order valence-electron chi connectivity index (χ2n) is 2.93. The van der Waals surface area contributed by atoms with E-state index < -0.39 is 0 Å². The summed E-state index contributed by atoms with van der Waals surface area (Å²) in [6.45, 7) is 4.36. The topological polar surface area (TPSA) is 12.0 Å². The third kappa shape index (κ3) is 2.52. The Morgan fingerprint density at radius 2 is 2.08 bits per heavy atom. The van der Waals surface area contributed by atoms with Gasteiger partial charge in [0.1, 0.15) is 0 Å². The lowest BCUT2D eigenvalue weighted by atomic mass is 10.2. The Kier molecular flexibility index (Phi) is 3.60. The minimum Gasteiger partial charge on any atom is -0.382 e. The molecule has 0 bridgehead atoms. The fraction of sp³-hybridized carbons (Fsp3) is 0.400. The Balaban J connectivity index is 2.69. The Morgan fingerprint density at radius 3 is 2.67 bits per heavy atom. The van der Waals surface area contributed by atoms with Crippen molar-refractivity contribution in [1.82, 2.24) is 0 Å². The maximum atomic E-state index is 3.49. The molecule has 0 heterocycles. The average Bonchev–Trinajstić information content (AvgIpc) is 2.09. The van der Waals surface area contributed by atoms with Crippen molar-refractivity contribution in [2.24, 2.45) is 0 Å². The first kappa shape index (κ1) is 9.59. The summed E-state index contributed by atoms with van der Waals surface area (Å²) in [5.74, 6) is 0. The van der Waals surface area contributed by atoms with Crippen molar-refractivity contribution in [3.63, 3.8) is 0 Å². The predicted molar refractivity (Wildman–Crippen MR) is 57.5 cm³/mol. The third-order valence-electron chi connectivity index (χ3n) is 1.89. The van der Waals surface area contributed by atoms with Gasteiger partial charge in [0.15, 0.2) is 0 Å². The summed E-state index contributed by atoms with van der Waals surface area (Å²) in [6.07, 6.45) is 1.14.